The number of amides is 2. The van der Waals surface area contributed by atoms with Gasteiger partial charge in [0, 0.05) is 28.4 Å². The summed E-state index contributed by atoms with van der Waals surface area (Å²) in [7, 11) is 0. The first-order valence-corrected chi connectivity index (χ1v) is 12.4. The number of hydrogen-bond acceptors (Lipinski definition) is 3. The summed E-state index contributed by atoms with van der Waals surface area (Å²) in [6, 6.07) is 14.9. The molecule has 168 valence electrons. The number of thioether (sulfide) groups is 1. The minimum Gasteiger partial charge on any atom is -0.352 e. The van der Waals surface area contributed by atoms with Crippen LogP contribution < -0.4 is 5.32 Å². The molecule has 0 fully saturated rings. The Balaban J connectivity index is 2.02. The highest BCUT2D eigenvalue weighted by Gasteiger charge is 2.26. The van der Waals surface area contributed by atoms with Gasteiger partial charge >= 0.3 is 0 Å². The Morgan fingerprint density at radius 2 is 1.81 bits per heavy atom. The van der Waals surface area contributed by atoms with Gasteiger partial charge in [-0.05, 0) is 49.9 Å². The number of halogens is 2. The summed E-state index contributed by atoms with van der Waals surface area (Å²) in [5.41, 5.74) is 2.07. The smallest absolute Gasteiger partial charge is 0.242 e. The van der Waals surface area contributed by atoms with Crippen molar-refractivity contribution >= 4 is 46.8 Å². The zero-order chi connectivity index (χ0) is 22.8. The van der Waals surface area contributed by atoms with Crippen LogP contribution in [0.25, 0.3) is 0 Å². The second-order valence-corrected chi connectivity index (χ2v) is 9.37. The normalized spacial score (nSPS) is 12.8. The molecule has 0 bridgehead atoms. The molecular formula is C24H30Cl2N2O2S. The van der Waals surface area contributed by atoms with E-state index in [-0.39, 0.29) is 23.6 Å². The molecule has 0 aliphatic carbocycles. The second kappa shape index (κ2) is 13.0. The van der Waals surface area contributed by atoms with Gasteiger partial charge in [0.25, 0.3) is 0 Å². The van der Waals surface area contributed by atoms with Crippen LogP contribution in [0.15, 0.2) is 48.5 Å². The Kier molecular flexibility index (Phi) is 10.7. The predicted octanol–water partition coefficient (Wildman–Crippen LogP) is 5.60. The van der Waals surface area contributed by atoms with Crippen molar-refractivity contribution in [3.63, 3.8) is 0 Å². The number of benzene rings is 2. The summed E-state index contributed by atoms with van der Waals surface area (Å²) in [5.74, 6) is 0.690. The lowest BCUT2D eigenvalue weighted by atomic mass is 10.1. The Bertz CT molecular complexity index is 864. The standard InChI is InChI=1S/C24H30Cl2N2O2S/c1-4-17(2)27-24(30)18(3)28(13-12-19-8-6-5-7-9-19)23(29)16-31-15-20-10-11-21(25)14-22(20)26/h5-11,14,17-18H,4,12-13,15-16H2,1-3H3,(H,27,30)/t17-,18-/m0/s1. The molecule has 2 atom stereocenters. The fourth-order valence-corrected chi connectivity index (χ4v) is 4.47. The third-order valence-electron chi connectivity index (χ3n) is 5.15. The van der Waals surface area contributed by atoms with Crippen LogP contribution >= 0.6 is 35.0 Å². The largest absolute Gasteiger partial charge is 0.352 e. The molecular weight excluding hydrogens is 451 g/mol. The van der Waals surface area contributed by atoms with Crippen LogP contribution in [0.1, 0.15) is 38.3 Å². The van der Waals surface area contributed by atoms with E-state index in [0.29, 0.717) is 28.8 Å². The van der Waals surface area contributed by atoms with E-state index < -0.39 is 6.04 Å². The monoisotopic (exact) mass is 480 g/mol. The molecule has 0 heterocycles. The van der Waals surface area contributed by atoms with Crippen molar-refractivity contribution in [1.82, 2.24) is 10.2 Å². The summed E-state index contributed by atoms with van der Waals surface area (Å²) in [6.07, 6.45) is 1.54. The maximum Gasteiger partial charge on any atom is 0.242 e. The Morgan fingerprint density at radius 3 is 2.45 bits per heavy atom. The third-order valence-corrected chi connectivity index (χ3v) is 6.70. The molecule has 0 unspecified atom stereocenters. The topological polar surface area (TPSA) is 49.4 Å². The van der Waals surface area contributed by atoms with Crippen molar-refractivity contribution < 1.29 is 9.59 Å². The van der Waals surface area contributed by atoms with Crippen molar-refractivity contribution in [1.29, 1.82) is 0 Å². The molecule has 0 saturated heterocycles. The van der Waals surface area contributed by atoms with Gasteiger partial charge in [-0.3, -0.25) is 9.59 Å². The van der Waals surface area contributed by atoms with Crippen LogP contribution in [0.3, 0.4) is 0 Å². The summed E-state index contributed by atoms with van der Waals surface area (Å²) >= 11 is 13.7. The first-order chi connectivity index (χ1) is 14.8. The van der Waals surface area contributed by atoms with Gasteiger partial charge in [-0.15, -0.1) is 11.8 Å². The Morgan fingerprint density at radius 1 is 1.10 bits per heavy atom. The van der Waals surface area contributed by atoms with Gasteiger partial charge in [-0.1, -0.05) is 66.5 Å². The molecule has 0 saturated carbocycles. The van der Waals surface area contributed by atoms with Gasteiger partial charge < -0.3 is 10.2 Å². The number of carbonyl (C=O) groups excluding carboxylic acids is 2. The molecule has 4 nitrogen and oxygen atoms in total. The highest BCUT2D eigenvalue weighted by molar-refractivity contribution is 7.99. The minimum absolute atomic E-state index is 0.0576. The molecule has 7 heteroatoms. The molecule has 1 N–H and O–H groups in total. The van der Waals surface area contributed by atoms with Crippen LogP contribution in [0.4, 0.5) is 0 Å². The fourth-order valence-electron chi connectivity index (χ4n) is 3.01. The fraction of sp³-hybridized carbons (Fsp3) is 0.417. The summed E-state index contributed by atoms with van der Waals surface area (Å²) in [5, 5.41) is 4.17. The number of nitrogens with one attached hydrogen (secondary N) is 1. The molecule has 31 heavy (non-hydrogen) atoms. The highest BCUT2D eigenvalue weighted by Crippen LogP contribution is 2.25. The van der Waals surface area contributed by atoms with Gasteiger partial charge in [-0.25, -0.2) is 0 Å². The van der Waals surface area contributed by atoms with E-state index in [4.69, 9.17) is 23.2 Å². The average molecular weight is 481 g/mol. The van der Waals surface area contributed by atoms with Crippen molar-refractivity contribution in [2.45, 2.75) is 51.4 Å². The lowest BCUT2D eigenvalue weighted by Crippen LogP contribution is -2.51. The van der Waals surface area contributed by atoms with Crippen molar-refractivity contribution in [2.75, 3.05) is 12.3 Å². The Hall–Kier alpha value is -1.69. The second-order valence-electron chi connectivity index (χ2n) is 7.55. The molecule has 0 aromatic heterocycles. The van der Waals surface area contributed by atoms with Crippen LogP contribution in [-0.2, 0) is 21.8 Å². The van der Waals surface area contributed by atoms with E-state index in [1.165, 1.54) is 11.8 Å². The van der Waals surface area contributed by atoms with E-state index in [1.54, 1.807) is 24.0 Å². The Labute approximate surface area is 199 Å². The maximum absolute atomic E-state index is 13.1. The molecule has 0 spiro atoms. The van der Waals surface area contributed by atoms with Crippen molar-refractivity contribution in [2.24, 2.45) is 0 Å². The molecule has 0 aliphatic heterocycles. The van der Waals surface area contributed by atoms with Crippen LogP contribution in [-0.4, -0.2) is 41.1 Å². The number of carbonyl (C=O) groups is 2. The lowest BCUT2D eigenvalue weighted by molar-refractivity contribution is -0.138. The van der Waals surface area contributed by atoms with Gasteiger partial charge in [0.1, 0.15) is 6.04 Å². The average Bonchev–Trinajstić information content (AvgIpc) is 2.75. The number of nitrogens with zero attached hydrogens (tertiary/aromatic N) is 1. The molecule has 2 aromatic carbocycles. The van der Waals surface area contributed by atoms with E-state index in [2.05, 4.69) is 5.32 Å². The molecule has 0 aliphatic rings. The number of hydrogen-bond donors (Lipinski definition) is 1. The van der Waals surface area contributed by atoms with Crippen molar-refractivity contribution in [3.05, 3.63) is 69.7 Å². The molecule has 0 radical (unpaired) electrons. The predicted molar refractivity (Wildman–Crippen MR) is 132 cm³/mol. The summed E-state index contributed by atoms with van der Waals surface area (Å²) < 4.78 is 0. The van der Waals surface area contributed by atoms with Crippen LogP contribution in [0.2, 0.25) is 10.0 Å². The van der Waals surface area contributed by atoms with Gasteiger partial charge in [0.2, 0.25) is 11.8 Å². The van der Waals surface area contributed by atoms with Gasteiger partial charge in [-0.2, -0.15) is 0 Å². The zero-order valence-corrected chi connectivity index (χ0v) is 20.6. The molecule has 2 aromatic rings. The summed E-state index contributed by atoms with van der Waals surface area (Å²) in [4.78, 5) is 27.4. The van der Waals surface area contributed by atoms with Gasteiger partial charge in [0.15, 0.2) is 0 Å². The van der Waals surface area contributed by atoms with Crippen LogP contribution in [0, 0.1) is 0 Å². The quantitative estimate of drug-likeness (QED) is 0.455. The van der Waals surface area contributed by atoms with E-state index in [1.807, 2.05) is 50.2 Å². The molecule has 2 rings (SSSR count). The van der Waals surface area contributed by atoms with E-state index in [9.17, 15) is 9.59 Å². The third kappa shape index (κ3) is 8.40. The van der Waals surface area contributed by atoms with E-state index in [0.717, 1.165) is 17.5 Å². The SMILES string of the molecule is CC[C@H](C)NC(=O)[C@H](C)N(CCc1ccccc1)C(=O)CSCc1ccc(Cl)cc1Cl. The summed E-state index contributed by atoms with van der Waals surface area (Å²) in [6.45, 7) is 6.26. The van der Waals surface area contributed by atoms with Gasteiger partial charge in [0.05, 0.1) is 5.75 Å². The first kappa shape index (κ1) is 25.6. The maximum atomic E-state index is 13.1. The zero-order valence-electron chi connectivity index (χ0n) is 18.2. The molecule has 2 amide bonds. The minimum atomic E-state index is -0.537. The first-order valence-electron chi connectivity index (χ1n) is 10.5. The van der Waals surface area contributed by atoms with Crippen molar-refractivity contribution in [3.8, 4) is 0 Å². The number of rotatable bonds is 11. The lowest BCUT2D eigenvalue weighted by Gasteiger charge is -2.29. The highest BCUT2D eigenvalue weighted by atomic mass is 35.5. The van der Waals surface area contributed by atoms with Crippen LogP contribution in [0.5, 0.6) is 0 Å². The van der Waals surface area contributed by atoms with E-state index >= 15 is 0 Å².